The zero-order valence-corrected chi connectivity index (χ0v) is 17.8. The fourth-order valence-corrected chi connectivity index (χ4v) is 3.42. The summed E-state index contributed by atoms with van der Waals surface area (Å²) < 4.78 is 6.56. The van der Waals surface area contributed by atoms with E-state index in [-0.39, 0.29) is 12.4 Å². The minimum absolute atomic E-state index is 0.111. The third kappa shape index (κ3) is 7.09. The number of halogens is 1. The molecular formula is C22H28BrNO3. The highest BCUT2D eigenvalue weighted by Gasteiger charge is 2.10. The monoisotopic (exact) mass is 433 g/mol. The molecule has 0 radical (unpaired) electrons. The molecule has 0 amide bonds. The molecule has 4 nitrogen and oxygen atoms in total. The number of carbonyl (C=O) groups is 1. The van der Waals surface area contributed by atoms with Gasteiger partial charge in [0.15, 0.2) is 5.78 Å². The number of carbonyl (C=O) groups excluding carboxylic acids is 1. The Balaban J connectivity index is 1.70. The van der Waals surface area contributed by atoms with Crippen LogP contribution in [0, 0.1) is 13.8 Å². The standard InChI is InChI=1S/C22H28BrNO3/c1-4-17-5-6-22(20(23)12-17)27-14-19(25)13-24-8-7-21(26)18-10-15(2)9-16(3)11-18/h5-6,9-12,19,24-25H,4,7-8,13-14H2,1-3H3. The van der Waals surface area contributed by atoms with Crippen molar-refractivity contribution >= 4 is 21.7 Å². The van der Waals surface area contributed by atoms with Gasteiger partial charge in [0.25, 0.3) is 0 Å². The summed E-state index contributed by atoms with van der Waals surface area (Å²) in [5.41, 5.74) is 4.16. The van der Waals surface area contributed by atoms with Gasteiger partial charge in [0.1, 0.15) is 18.5 Å². The van der Waals surface area contributed by atoms with Gasteiger partial charge in [0, 0.05) is 25.1 Å². The van der Waals surface area contributed by atoms with Crippen LogP contribution in [0.25, 0.3) is 0 Å². The van der Waals surface area contributed by atoms with Crippen LogP contribution >= 0.6 is 15.9 Å². The van der Waals surface area contributed by atoms with E-state index in [1.54, 1.807) is 0 Å². The van der Waals surface area contributed by atoms with E-state index >= 15 is 0 Å². The first kappa shape index (κ1) is 21.6. The second-order valence-corrected chi connectivity index (χ2v) is 7.69. The van der Waals surface area contributed by atoms with Crippen molar-refractivity contribution in [1.82, 2.24) is 5.32 Å². The van der Waals surface area contributed by atoms with E-state index in [9.17, 15) is 9.90 Å². The zero-order chi connectivity index (χ0) is 19.8. The molecule has 0 saturated heterocycles. The van der Waals surface area contributed by atoms with E-state index in [1.807, 2.05) is 44.2 Å². The number of aliphatic hydroxyl groups is 1. The van der Waals surface area contributed by atoms with E-state index in [2.05, 4.69) is 34.2 Å². The lowest BCUT2D eigenvalue weighted by molar-refractivity contribution is 0.0962. The maximum Gasteiger partial charge on any atom is 0.164 e. The Bertz CT molecular complexity index is 756. The Kier molecular flexibility index (Phi) is 8.48. The van der Waals surface area contributed by atoms with Crippen molar-refractivity contribution in [3.63, 3.8) is 0 Å². The molecule has 2 N–H and O–H groups in total. The molecule has 1 unspecified atom stereocenters. The number of hydrogen-bond acceptors (Lipinski definition) is 4. The van der Waals surface area contributed by atoms with Gasteiger partial charge in [-0.15, -0.1) is 0 Å². The van der Waals surface area contributed by atoms with Gasteiger partial charge in [-0.05, 0) is 66.0 Å². The Hall–Kier alpha value is -1.69. The van der Waals surface area contributed by atoms with Crippen LogP contribution in [0.3, 0.4) is 0 Å². The summed E-state index contributed by atoms with van der Waals surface area (Å²) in [5.74, 6) is 0.830. The third-order valence-electron chi connectivity index (χ3n) is 4.29. The van der Waals surface area contributed by atoms with Crippen LogP contribution in [-0.2, 0) is 6.42 Å². The highest BCUT2D eigenvalue weighted by molar-refractivity contribution is 9.10. The van der Waals surface area contributed by atoms with E-state index in [0.29, 0.717) is 19.5 Å². The van der Waals surface area contributed by atoms with Crippen molar-refractivity contribution < 1.29 is 14.6 Å². The first-order valence-electron chi connectivity index (χ1n) is 9.30. The predicted octanol–water partition coefficient (Wildman–Crippen LogP) is 4.23. The number of ether oxygens (including phenoxy) is 1. The maximum absolute atomic E-state index is 12.3. The molecule has 1 atom stereocenters. The number of aliphatic hydroxyl groups excluding tert-OH is 1. The third-order valence-corrected chi connectivity index (χ3v) is 4.91. The zero-order valence-electron chi connectivity index (χ0n) is 16.2. The van der Waals surface area contributed by atoms with Crippen LogP contribution in [0.2, 0.25) is 0 Å². The van der Waals surface area contributed by atoms with Gasteiger partial charge in [-0.2, -0.15) is 0 Å². The molecule has 0 saturated carbocycles. The van der Waals surface area contributed by atoms with Crippen molar-refractivity contribution in [3.05, 3.63) is 63.1 Å². The molecule has 0 fully saturated rings. The summed E-state index contributed by atoms with van der Waals surface area (Å²) >= 11 is 3.49. The maximum atomic E-state index is 12.3. The summed E-state index contributed by atoms with van der Waals surface area (Å²) in [6.07, 6.45) is 0.728. The first-order chi connectivity index (χ1) is 12.9. The SMILES string of the molecule is CCc1ccc(OCC(O)CNCCC(=O)c2cc(C)cc(C)c2)c(Br)c1. The molecule has 0 aromatic heterocycles. The highest BCUT2D eigenvalue weighted by atomic mass is 79.9. The quantitative estimate of drug-likeness (QED) is 0.434. The lowest BCUT2D eigenvalue weighted by atomic mass is 10.0. The molecule has 0 aliphatic heterocycles. The molecule has 146 valence electrons. The summed E-state index contributed by atoms with van der Waals surface area (Å²) in [6.45, 7) is 7.19. The van der Waals surface area contributed by atoms with Gasteiger partial charge in [-0.25, -0.2) is 0 Å². The van der Waals surface area contributed by atoms with Crippen LogP contribution in [0.4, 0.5) is 0 Å². The van der Waals surface area contributed by atoms with Gasteiger partial charge in [-0.1, -0.05) is 30.2 Å². The number of rotatable bonds is 10. The second-order valence-electron chi connectivity index (χ2n) is 6.84. The van der Waals surface area contributed by atoms with E-state index in [4.69, 9.17) is 4.74 Å². The molecule has 0 heterocycles. The van der Waals surface area contributed by atoms with E-state index in [0.717, 1.165) is 33.3 Å². The van der Waals surface area contributed by atoms with Gasteiger partial charge in [0.05, 0.1) is 4.47 Å². The Morgan fingerprint density at radius 1 is 1.19 bits per heavy atom. The number of hydrogen-bond donors (Lipinski definition) is 2. The van der Waals surface area contributed by atoms with Crippen molar-refractivity contribution in [3.8, 4) is 5.75 Å². The lowest BCUT2D eigenvalue weighted by Crippen LogP contribution is -2.32. The summed E-state index contributed by atoms with van der Waals surface area (Å²) in [7, 11) is 0. The molecule has 0 spiro atoms. The van der Waals surface area contributed by atoms with Gasteiger partial charge >= 0.3 is 0 Å². The Morgan fingerprint density at radius 2 is 1.89 bits per heavy atom. The fourth-order valence-electron chi connectivity index (χ4n) is 2.88. The molecule has 2 rings (SSSR count). The average molecular weight is 434 g/mol. The molecule has 0 bridgehead atoms. The smallest absolute Gasteiger partial charge is 0.164 e. The van der Waals surface area contributed by atoms with Crippen LogP contribution < -0.4 is 10.1 Å². The molecule has 5 heteroatoms. The number of ketones is 1. The minimum atomic E-state index is -0.640. The lowest BCUT2D eigenvalue weighted by Gasteiger charge is -2.14. The first-order valence-corrected chi connectivity index (χ1v) is 10.1. The second kappa shape index (κ2) is 10.6. The molecule has 2 aromatic carbocycles. The summed E-state index contributed by atoms with van der Waals surface area (Å²) in [4.78, 5) is 12.3. The largest absolute Gasteiger partial charge is 0.490 e. The van der Waals surface area contributed by atoms with Crippen LogP contribution in [-0.4, -0.2) is 36.7 Å². The normalized spacial score (nSPS) is 12.0. The number of Topliss-reactive ketones (excluding diaryl/α,β-unsaturated/α-hetero) is 1. The van der Waals surface area contributed by atoms with Gasteiger partial charge < -0.3 is 15.2 Å². The van der Waals surface area contributed by atoms with Crippen LogP contribution in [0.5, 0.6) is 5.75 Å². The number of benzene rings is 2. The van der Waals surface area contributed by atoms with Crippen LogP contribution in [0.15, 0.2) is 40.9 Å². The summed E-state index contributed by atoms with van der Waals surface area (Å²) in [6, 6.07) is 11.8. The summed E-state index contributed by atoms with van der Waals surface area (Å²) in [5, 5.41) is 13.2. The van der Waals surface area contributed by atoms with Crippen molar-refractivity contribution in [2.75, 3.05) is 19.7 Å². The molecular weight excluding hydrogens is 406 g/mol. The molecule has 27 heavy (non-hydrogen) atoms. The highest BCUT2D eigenvalue weighted by Crippen LogP contribution is 2.26. The van der Waals surface area contributed by atoms with E-state index < -0.39 is 6.10 Å². The van der Waals surface area contributed by atoms with Crippen molar-refractivity contribution in [1.29, 1.82) is 0 Å². The van der Waals surface area contributed by atoms with E-state index in [1.165, 1.54) is 5.56 Å². The minimum Gasteiger partial charge on any atom is -0.490 e. The molecule has 2 aromatic rings. The Morgan fingerprint density at radius 3 is 2.52 bits per heavy atom. The van der Waals surface area contributed by atoms with Crippen molar-refractivity contribution in [2.45, 2.75) is 39.7 Å². The van der Waals surface area contributed by atoms with Crippen LogP contribution in [0.1, 0.15) is 40.4 Å². The average Bonchev–Trinajstić information content (AvgIpc) is 2.63. The molecule has 0 aliphatic carbocycles. The van der Waals surface area contributed by atoms with Gasteiger partial charge in [0.2, 0.25) is 0 Å². The number of nitrogens with one attached hydrogen (secondary N) is 1. The fraction of sp³-hybridized carbons (Fsp3) is 0.409. The van der Waals surface area contributed by atoms with Crippen molar-refractivity contribution in [2.24, 2.45) is 0 Å². The predicted molar refractivity (Wildman–Crippen MR) is 113 cm³/mol. The van der Waals surface area contributed by atoms with Gasteiger partial charge in [-0.3, -0.25) is 4.79 Å². The molecule has 0 aliphatic rings. The Labute approximate surface area is 170 Å². The number of aryl methyl sites for hydroxylation is 3. The topological polar surface area (TPSA) is 58.6 Å².